The first-order valence-electron chi connectivity index (χ1n) is 4.90. The second-order valence-corrected chi connectivity index (χ2v) is 3.97. The zero-order valence-electron chi connectivity index (χ0n) is 8.46. The van der Waals surface area contributed by atoms with Gasteiger partial charge in [-0.25, -0.2) is 0 Å². The van der Waals surface area contributed by atoms with E-state index in [0.717, 1.165) is 6.42 Å². The Kier molecular flexibility index (Phi) is 3.07. The highest BCUT2D eigenvalue weighted by molar-refractivity contribution is 6.03. The lowest BCUT2D eigenvalue weighted by molar-refractivity contribution is -0.126. The summed E-state index contributed by atoms with van der Waals surface area (Å²) in [6.07, 6.45) is 1.43. The van der Waals surface area contributed by atoms with Crippen LogP contribution in [0.4, 0.5) is 0 Å². The average Bonchev–Trinajstić information content (AvgIpc) is 2.42. The zero-order valence-corrected chi connectivity index (χ0v) is 8.46. The molecule has 0 spiro atoms. The molecule has 74 valence electrons. The smallest absolute Gasteiger partial charge is 0.230 e. The minimum atomic E-state index is -0.120. The molecule has 1 aliphatic rings. The van der Waals surface area contributed by atoms with E-state index in [0.29, 0.717) is 18.3 Å². The fourth-order valence-electron chi connectivity index (χ4n) is 1.77. The Morgan fingerprint density at radius 1 is 1.46 bits per heavy atom. The van der Waals surface area contributed by atoms with E-state index >= 15 is 0 Å². The lowest BCUT2D eigenvalue weighted by atomic mass is 9.82. The molecule has 1 saturated heterocycles. The van der Waals surface area contributed by atoms with Gasteiger partial charge in [-0.05, 0) is 11.8 Å². The molecule has 13 heavy (non-hydrogen) atoms. The molecular formula is C10H17NO2. The van der Waals surface area contributed by atoms with E-state index in [1.165, 1.54) is 0 Å². The van der Waals surface area contributed by atoms with E-state index in [4.69, 9.17) is 0 Å². The van der Waals surface area contributed by atoms with Crippen LogP contribution in [0.15, 0.2) is 0 Å². The largest absolute Gasteiger partial charge is 0.296 e. The van der Waals surface area contributed by atoms with Crippen molar-refractivity contribution in [3.63, 3.8) is 0 Å². The summed E-state index contributed by atoms with van der Waals surface area (Å²) in [5.41, 5.74) is 0. The van der Waals surface area contributed by atoms with E-state index < -0.39 is 0 Å². The molecule has 0 bridgehead atoms. The molecule has 3 heteroatoms. The lowest BCUT2D eigenvalue weighted by Gasteiger charge is -2.21. The topological polar surface area (TPSA) is 46.2 Å². The van der Waals surface area contributed by atoms with Gasteiger partial charge < -0.3 is 0 Å². The molecular weight excluding hydrogens is 166 g/mol. The maximum Gasteiger partial charge on any atom is 0.230 e. The Labute approximate surface area is 78.9 Å². The molecule has 0 radical (unpaired) electrons. The maximum atomic E-state index is 11.3. The van der Waals surface area contributed by atoms with Crippen LogP contribution in [0.25, 0.3) is 0 Å². The van der Waals surface area contributed by atoms with Gasteiger partial charge in [0, 0.05) is 12.3 Å². The molecule has 1 fully saturated rings. The van der Waals surface area contributed by atoms with Gasteiger partial charge in [-0.3, -0.25) is 14.9 Å². The summed E-state index contributed by atoms with van der Waals surface area (Å²) >= 11 is 0. The summed E-state index contributed by atoms with van der Waals surface area (Å²) in [5, 5.41) is 2.35. The van der Waals surface area contributed by atoms with Gasteiger partial charge in [-0.1, -0.05) is 27.2 Å². The van der Waals surface area contributed by atoms with Gasteiger partial charge in [0.25, 0.3) is 0 Å². The standard InChI is InChI=1S/C10H17NO2/c1-4-6(2)7(3)8-5-9(12)11-10(8)13/h6-8H,4-5H2,1-3H3,(H,11,12,13). The normalized spacial score (nSPS) is 27.2. The van der Waals surface area contributed by atoms with Crippen LogP contribution in [0.5, 0.6) is 0 Å². The number of carbonyl (C=O) groups excluding carboxylic acids is 2. The predicted molar refractivity (Wildman–Crippen MR) is 49.9 cm³/mol. The van der Waals surface area contributed by atoms with Crippen molar-refractivity contribution in [1.29, 1.82) is 0 Å². The van der Waals surface area contributed by atoms with Crippen LogP contribution < -0.4 is 5.32 Å². The van der Waals surface area contributed by atoms with Crippen molar-refractivity contribution in [2.24, 2.45) is 17.8 Å². The first kappa shape index (κ1) is 10.2. The van der Waals surface area contributed by atoms with Crippen LogP contribution in [0.2, 0.25) is 0 Å². The number of hydrogen-bond acceptors (Lipinski definition) is 2. The summed E-state index contributed by atoms with van der Waals surface area (Å²) in [5.74, 6) is 0.503. The SMILES string of the molecule is CCC(C)C(C)C1CC(=O)NC1=O. The summed E-state index contributed by atoms with van der Waals surface area (Å²) < 4.78 is 0. The molecule has 0 aliphatic carbocycles. The van der Waals surface area contributed by atoms with Gasteiger partial charge in [0.05, 0.1) is 0 Å². The number of nitrogens with one attached hydrogen (secondary N) is 1. The Morgan fingerprint density at radius 3 is 2.46 bits per heavy atom. The predicted octanol–water partition coefficient (Wildman–Crippen LogP) is 1.33. The fourth-order valence-corrected chi connectivity index (χ4v) is 1.77. The van der Waals surface area contributed by atoms with Crippen molar-refractivity contribution < 1.29 is 9.59 Å². The minimum absolute atomic E-state index is 0.0854. The van der Waals surface area contributed by atoms with E-state index in [1.807, 2.05) is 0 Å². The molecule has 2 amide bonds. The Balaban J connectivity index is 2.61. The van der Waals surface area contributed by atoms with Gasteiger partial charge in [0.15, 0.2) is 0 Å². The van der Waals surface area contributed by atoms with Crippen molar-refractivity contribution in [3.05, 3.63) is 0 Å². The second kappa shape index (κ2) is 3.90. The minimum Gasteiger partial charge on any atom is -0.296 e. The molecule has 1 rings (SSSR count). The van der Waals surface area contributed by atoms with Gasteiger partial charge in [0.2, 0.25) is 11.8 Å². The molecule has 0 saturated carbocycles. The number of rotatable bonds is 3. The number of amides is 2. The highest BCUT2D eigenvalue weighted by atomic mass is 16.2. The van der Waals surface area contributed by atoms with Crippen molar-refractivity contribution in [3.8, 4) is 0 Å². The van der Waals surface area contributed by atoms with Crippen LogP contribution in [0, 0.1) is 17.8 Å². The Bertz CT molecular complexity index is 225. The van der Waals surface area contributed by atoms with Crippen molar-refractivity contribution in [1.82, 2.24) is 5.32 Å². The van der Waals surface area contributed by atoms with E-state index in [9.17, 15) is 9.59 Å². The molecule has 1 heterocycles. The average molecular weight is 183 g/mol. The molecule has 0 aromatic rings. The lowest BCUT2D eigenvalue weighted by Crippen LogP contribution is -2.27. The van der Waals surface area contributed by atoms with E-state index in [-0.39, 0.29) is 17.7 Å². The van der Waals surface area contributed by atoms with Crippen LogP contribution in [0.3, 0.4) is 0 Å². The summed E-state index contributed by atoms with van der Waals surface area (Å²) in [6, 6.07) is 0. The number of carbonyl (C=O) groups is 2. The maximum absolute atomic E-state index is 11.3. The highest BCUT2D eigenvalue weighted by Crippen LogP contribution is 2.28. The molecule has 1 N–H and O–H groups in total. The Morgan fingerprint density at radius 2 is 2.08 bits per heavy atom. The van der Waals surface area contributed by atoms with Gasteiger partial charge in [-0.2, -0.15) is 0 Å². The third-order valence-corrected chi connectivity index (χ3v) is 3.18. The molecule has 1 aliphatic heterocycles. The van der Waals surface area contributed by atoms with Crippen molar-refractivity contribution >= 4 is 11.8 Å². The fraction of sp³-hybridized carbons (Fsp3) is 0.800. The van der Waals surface area contributed by atoms with Crippen LogP contribution in [0.1, 0.15) is 33.6 Å². The third-order valence-electron chi connectivity index (χ3n) is 3.18. The highest BCUT2D eigenvalue weighted by Gasteiger charge is 2.36. The quantitative estimate of drug-likeness (QED) is 0.671. The molecule has 0 aromatic carbocycles. The summed E-state index contributed by atoms with van der Waals surface area (Å²) in [4.78, 5) is 22.3. The second-order valence-electron chi connectivity index (χ2n) is 3.97. The number of hydrogen-bond donors (Lipinski definition) is 1. The van der Waals surface area contributed by atoms with E-state index in [1.54, 1.807) is 0 Å². The summed E-state index contributed by atoms with van der Waals surface area (Å²) in [7, 11) is 0. The molecule has 0 aromatic heterocycles. The molecule has 3 unspecified atom stereocenters. The van der Waals surface area contributed by atoms with Crippen LogP contribution in [-0.4, -0.2) is 11.8 Å². The number of imide groups is 1. The molecule has 3 atom stereocenters. The van der Waals surface area contributed by atoms with Gasteiger partial charge in [0.1, 0.15) is 0 Å². The van der Waals surface area contributed by atoms with Crippen LogP contribution in [-0.2, 0) is 9.59 Å². The van der Waals surface area contributed by atoms with Gasteiger partial charge in [-0.15, -0.1) is 0 Å². The van der Waals surface area contributed by atoms with Crippen LogP contribution >= 0.6 is 0 Å². The molecule has 3 nitrogen and oxygen atoms in total. The first-order chi connectivity index (χ1) is 6.06. The Hall–Kier alpha value is -0.860. The van der Waals surface area contributed by atoms with Gasteiger partial charge >= 0.3 is 0 Å². The zero-order chi connectivity index (χ0) is 10.0. The van der Waals surface area contributed by atoms with E-state index in [2.05, 4.69) is 26.1 Å². The monoisotopic (exact) mass is 183 g/mol. The van der Waals surface area contributed by atoms with Crippen molar-refractivity contribution in [2.45, 2.75) is 33.6 Å². The third kappa shape index (κ3) is 2.08. The summed E-state index contributed by atoms with van der Waals surface area (Å²) in [6.45, 7) is 6.29. The van der Waals surface area contributed by atoms with Crippen molar-refractivity contribution in [2.75, 3.05) is 0 Å². The first-order valence-corrected chi connectivity index (χ1v) is 4.90.